The number of nitrogens with one attached hydrogen (secondary N) is 2. The Bertz CT molecular complexity index is 683. The summed E-state index contributed by atoms with van der Waals surface area (Å²) >= 11 is 11.5. The molecule has 0 unspecified atom stereocenters. The van der Waals surface area contributed by atoms with Crippen molar-refractivity contribution in [3.63, 3.8) is 0 Å². The summed E-state index contributed by atoms with van der Waals surface area (Å²) in [5.74, 6) is 0. The van der Waals surface area contributed by atoms with E-state index in [1.165, 1.54) is 16.7 Å². The van der Waals surface area contributed by atoms with Crippen molar-refractivity contribution in [3.05, 3.63) is 63.7 Å². The minimum Gasteiger partial charge on any atom is -0.362 e. The SMILES string of the molecule is Cc1ccc(CCNC(=S)Nc2ccc(C)cc2Cl)c(C)c1. The molecule has 2 nitrogen and oxygen atoms in total. The minimum atomic E-state index is 0.593. The minimum absolute atomic E-state index is 0.593. The molecule has 0 radical (unpaired) electrons. The Hall–Kier alpha value is -1.58. The molecule has 0 aliphatic rings. The molecular weight excluding hydrogens is 312 g/mol. The largest absolute Gasteiger partial charge is 0.362 e. The van der Waals surface area contributed by atoms with Crippen molar-refractivity contribution in [2.75, 3.05) is 11.9 Å². The Morgan fingerprint density at radius 2 is 1.73 bits per heavy atom. The zero-order chi connectivity index (χ0) is 16.1. The van der Waals surface area contributed by atoms with Crippen molar-refractivity contribution in [2.24, 2.45) is 0 Å². The molecule has 0 saturated carbocycles. The van der Waals surface area contributed by atoms with Gasteiger partial charge in [-0.3, -0.25) is 0 Å². The third kappa shape index (κ3) is 4.72. The zero-order valence-corrected chi connectivity index (χ0v) is 14.7. The summed E-state index contributed by atoms with van der Waals surface area (Å²) in [6.07, 6.45) is 0.940. The molecule has 0 aliphatic heterocycles. The third-order valence-corrected chi connectivity index (χ3v) is 4.11. The molecule has 0 bridgehead atoms. The smallest absolute Gasteiger partial charge is 0.170 e. The van der Waals surface area contributed by atoms with E-state index >= 15 is 0 Å². The Morgan fingerprint density at radius 1 is 1.05 bits per heavy atom. The number of hydrogen-bond acceptors (Lipinski definition) is 1. The van der Waals surface area contributed by atoms with Crippen molar-refractivity contribution in [3.8, 4) is 0 Å². The fraction of sp³-hybridized carbons (Fsp3) is 0.278. The van der Waals surface area contributed by atoms with Crippen LogP contribution < -0.4 is 10.6 Å². The summed E-state index contributed by atoms with van der Waals surface area (Å²) in [4.78, 5) is 0. The normalized spacial score (nSPS) is 10.4. The van der Waals surface area contributed by atoms with Crippen LogP contribution in [0.1, 0.15) is 22.3 Å². The Kier molecular flexibility index (Phi) is 5.81. The van der Waals surface area contributed by atoms with Crippen molar-refractivity contribution >= 4 is 34.6 Å². The Balaban J connectivity index is 1.85. The second-order valence-corrected chi connectivity index (χ2v) is 6.36. The molecule has 0 heterocycles. The first kappa shape index (κ1) is 16.8. The van der Waals surface area contributed by atoms with Crippen LogP contribution in [0.4, 0.5) is 5.69 Å². The van der Waals surface area contributed by atoms with Gasteiger partial charge in [-0.05, 0) is 68.2 Å². The average Bonchev–Trinajstić information content (AvgIpc) is 2.44. The summed E-state index contributed by atoms with van der Waals surface area (Å²) < 4.78 is 0. The maximum Gasteiger partial charge on any atom is 0.170 e. The monoisotopic (exact) mass is 332 g/mol. The summed E-state index contributed by atoms with van der Waals surface area (Å²) in [5.41, 5.74) is 5.91. The molecule has 0 aromatic heterocycles. The molecule has 2 aromatic rings. The van der Waals surface area contributed by atoms with Gasteiger partial charge in [0.25, 0.3) is 0 Å². The highest BCUT2D eigenvalue weighted by Gasteiger charge is 2.03. The van der Waals surface area contributed by atoms with Crippen LogP contribution in [0.5, 0.6) is 0 Å². The summed E-state index contributed by atoms with van der Waals surface area (Å²) in [6, 6.07) is 12.4. The molecule has 0 atom stereocenters. The van der Waals surface area contributed by atoms with Gasteiger partial charge < -0.3 is 10.6 Å². The summed E-state index contributed by atoms with van der Waals surface area (Å²) in [6.45, 7) is 7.06. The Labute approximate surface area is 142 Å². The molecule has 4 heteroatoms. The lowest BCUT2D eigenvalue weighted by molar-refractivity contribution is 0.867. The lowest BCUT2D eigenvalue weighted by Crippen LogP contribution is -2.30. The molecule has 0 amide bonds. The molecule has 0 spiro atoms. The quantitative estimate of drug-likeness (QED) is 0.787. The topological polar surface area (TPSA) is 24.1 Å². The first-order valence-electron chi connectivity index (χ1n) is 7.33. The van der Waals surface area contributed by atoms with Gasteiger partial charge in [-0.2, -0.15) is 0 Å². The van der Waals surface area contributed by atoms with Gasteiger partial charge in [0, 0.05) is 6.54 Å². The molecule has 2 rings (SSSR count). The van der Waals surface area contributed by atoms with Gasteiger partial charge in [-0.1, -0.05) is 41.4 Å². The average molecular weight is 333 g/mol. The first-order chi connectivity index (χ1) is 10.5. The van der Waals surface area contributed by atoms with Gasteiger partial charge in [0.2, 0.25) is 0 Å². The van der Waals surface area contributed by atoms with E-state index in [1.807, 2.05) is 25.1 Å². The number of aryl methyl sites for hydroxylation is 3. The second kappa shape index (κ2) is 7.61. The predicted octanol–water partition coefficient (Wildman–Crippen LogP) is 4.79. The highest BCUT2D eigenvalue weighted by Crippen LogP contribution is 2.22. The van der Waals surface area contributed by atoms with Crippen molar-refractivity contribution in [2.45, 2.75) is 27.2 Å². The molecule has 0 saturated heterocycles. The standard InChI is InChI=1S/C18H21ClN2S/c1-12-4-6-15(14(3)10-12)8-9-20-18(22)21-17-7-5-13(2)11-16(17)19/h4-7,10-11H,8-9H2,1-3H3,(H2,20,21,22). The molecule has 2 N–H and O–H groups in total. The van der Waals surface area contributed by atoms with Crippen LogP contribution in [-0.2, 0) is 6.42 Å². The number of benzene rings is 2. The van der Waals surface area contributed by atoms with Crippen molar-refractivity contribution < 1.29 is 0 Å². The van der Waals surface area contributed by atoms with Crippen LogP contribution in [0.2, 0.25) is 5.02 Å². The number of thiocarbonyl (C=S) groups is 1. The van der Waals surface area contributed by atoms with E-state index < -0.39 is 0 Å². The highest BCUT2D eigenvalue weighted by atomic mass is 35.5. The van der Waals surface area contributed by atoms with E-state index in [1.54, 1.807) is 0 Å². The lowest BCUT2D eigenvalue weighted by Gasteiger charge is -2.13. The van der Waals surface area contributed by atoms with Crippen LogP contribution >= 0.6 is 23.8 Å². The molecule has 2 aromatic carbocycles. The molecule has 22 heavy (non-hydrogen) atoms. The van der Waals surface area contributed by atoms with Crippen LogP contribution in [0.15, 0.2) is 36.4 Å². The van der Waals surface area contributed by atoms with E-state index in [2.05, 4.69) is 42.7 Å². The first-order valence-corrected chi connectivity index (χ1v) is 8.11. The van der Waals surface area contributed by atoms with E-state index in [0.29, 0.717) is 10.1 Å². The van der Waals surface area contributed by atoms with Gasteiger partial charge in [-0.15, -0.1) is 0 Å². The number of halogens is 1. The van der Waals surface area contributed by atoms with Gasteiger partial charge >= 0.3 is 0 Å². The fourth-order valence-electron chi connectivity index (χ4n) is 2.33. The summed E-state index contributed by atoms with van der Waals surface area (Å²) in [7, 11) is 0. The molecule has 116 valence electrons. The van der Waals surface area contributed by atoms with Crippen LogP contribution in [0.25, 0.3) is 0 Å². The van der Waals surface area contributed by atoms with Crippen molar-refractivity contribution in [1.82, 2.24) is 5.32 Å². The zero-order valence-electron chi connectivity index (χ0n) is 13.2. The van der Waals surface area contributed by atoms with Gasteiger partial charge in [0.1, 0.15) is 0 Å². The molecular formula is C18H21ClN2S. The van der Waals surface area contributed by atoms with Gasteiger partial charge in [0.15, 0.2) is 5.11 Å². The maximum atomic E-state index is 6.19. The van der Waals surface area contributed by atoms with E-state index in [9.17, 15) is 0 Å². The molecule has 0 fully saturated rings. The number of rotatable bonds is 4. The predicted molar refractivity (Wildman–Crippen MR) is 100 cm³/mol. The van der Waals surface area contributed by atoms with Gasteiger partial charge in [-0.25, -0.2) is 0 Å². The Morgan fingerprint density at radius 3 is 2.41 bits per heavy atom. The summed E-state index contributed by atoms with van der Waals surface area (Å²) in [5, 5.41) is 7.63. The van der Waals surface area contributed by atoms with Gasteiger partial charge in [0.05, 0.1) is 10.7 Å². The maximum absolute atomic E-state index is 6.19. The van der Waals surface area contributed by atoms with Crippen LogP contribution in [0, 0.1) is 20.8 Å². The number of hydrogen-bond donors (Lipinski definition) is 2. The molecule has 0 aliphatic carbocycles. The number of anilines is 1. The lowest BCUT2D eigenvalue weighted by atomic mass is 10.0. The third-order valence-electron chi connectivity index (χ3n) is 3.55. The fourth-order valence-corrected chi connectivity index (χ4v) is 2.82. The van der Waals surface area contributed by atoms with E-state index in [-0.39, 0.29) is 0 Å². The van der Waals surface area contributed by atoms with E-state index in [4.69, 9.17) is 23.8 Å². The van der Waals surface area contributed by atoms with Crippen LogP contribution in [-0.4, -0.2) is 11.7 Å². The van der Waals surface area contributed by atoms with Crippen LogP contribution in [0.3, 0.4) is 0 Å². The van der Waals surface area contributed by atoms with E-state index in [0.717, 1.165) is 24.2 Å². The highest BCUT2D eigenvalue weighted by molar-refractivity contribution is 7.80. The van der Waals surface area contributed by atoms with Crippen molar-refractivity contribution in [1.29, 1.82) is 0 Å². The second-order valence-electron chi connectivity index (χ2n) is 5.54.